The minimum atomic E-state index is -1.51. The lowest BCUT2D eigenvalue weighted by atomic mass is 9.97. The van der Waals surface area contributed by atoms with E-state index in [9.17, 15) is 24.0 Å². The van der Waals surface area contributed by atoms with Crippen LogP contribution in [0.3, 0.4) is 0 Å². The van der Waals surface area contributed by atoms with Gasteiger partial charge in [-0.25, -0.2) is 9.59 Å². The van der Waals surface area contributed by atoms with Gasteiger partial charge in [0, 0.05) is 13.6 Å². The van der Waals surface area contributed by atoms with E-state index < -0.39 is 59.7 Å². The number of amides is 4. The highest BCUT2D eigenvalue weighted by Crippen LogP contribution is 2.29. The fourth-order valence-electron chi connectivity index (χ4n) is 5.01. The molecule has 0 aromatic heterocycles. The van der Waals surface area contributed by atoms with Crippen LogP contribution in [0, 0.1) is 0 Å². The average Bonchev–Trinajstić information content (AvgIpc) is 2.98. The van der Waals surface area contributed by atoms with Gasteiger partial charge in [-0.05, 0) is 82.6 Å². The van der Waals surface area contributed by atoms with Gasteiger partial charge in [0.25, 0.3) is 5.91 Å². The predicted octanol–water partition coefficient (Wildman–Crippen LogP) is 1.39. The zero-order valence-electron chi connectivity index (χ0n) is 27.3. The fraction of sp³-hybridized carbons (Fsp3) is 0.645. The molecule has 45 heavy (non-hydrogen) atoms. The van der Waals surface area contributed by atoms with Crippen molar-refractivity contribution in [3.63, 3.8) is 0 Å². The summed E-state index contributed by atoms with van der Waals surface area (Å²) in [6.07, 6.45) is 2.47. The van der Waals surface area contributed by atoms with Crippen LogP contribution in [0.15, 0.2) is 18.2 Å². The molecule has 7 N–H and O–H groups in total. The first-order valence-electron chi connectivity index (χ1n) is 15.3. The van der Waals surface area contributed by atoms with Gasteiger partial charge in [-0.1, -0.05) is 18.9 Å². The summed E-state index contributed by atoms with van der Waals surface area (Å²) in [5.74, 6) is -1.95. The maximum atomic E-state index is 13.7. The SMILES string of the molecule is COC(=O)[C@@H]1CCCCCc2cc(ccc2OC)[C@H](N(C)C(=O)[C@@H](N)CCCCNC(=O)OC(C)(C)C)C(=O)N[C@@H](N)C(=O)N1. The van der Waals surface area contributed by atoms with Crippen LogP contribution < -0.4 is 32.2 Å². The van der Waals surface area contributed by atoms with Crippen molar-refractivity contribution in [3.8, 4) is 5.75 Å². The summed E-state index contributed by atoms with van der Waals surface area (Å²) >= 11 is 0. The molecule has 0 saturated carbocycles. The Morgan fingerprint density at radius 3 is 2.42 bits per heavy atom. The van der Waals surface area contributed by atoms with Gasteiger partial charge in [0.15, 0.2) is 6.17 Å². The minimum absolute atomic E-state index is 0.304. The number of nitrogens with zero attached hydrogens (tertiary/aromatic N) is 1. The molecule has 1 aromatic rings. The van der Waals surface area contributed by atoms with E-state index in [2.05, 4.69) is 16.0 Å². The first-order valence-corrected chi connectivity index (χ1v) is 15.3. The molecule has 14 heteroatoms. The molecule has 1 aromatic carbocycles. The molecule has 14 nitrogen and oxygen atoms in total. The van der Waals surface area contributed by atoms with Crippen LogP contribution in [-0.2, 0) is 35.1 Å². The number of benzene rings is 1. The Balaban J connectivity index is 2.24. The molecule has 2 bridgehead atoms. The molecule has 0 unspecified atom stereocenters. The van der Waals surface area contributed by atoms with Gasteiger partial charge >= 0.3 is 12.1 Å². The lowest BCUT2D eigenvalue weighted by molar-refractivity contribution is -0.146. The summed E-state index contributed by atoms with van der Waals surface area (Å²) in [6, 6.07) is 2.19. The average molecular weight is 635 g/mol. The number of ether oxygens (including phenoxy) is 3. The van der Waals surface area contributed by atoms with Crippen molar-refractivity contribution in [3.05, 3.63) is 29.3 Å². The van der Waals surface area contributed by atoms with Gasteiger partial charge in [0.1, 0.15) is 23.4 Å². The summed E-state index contributed by atoms with van der Waals surface area (Å²) in [7, 11) is 4.25. The maximum Gasteiger partial charge on any atom is 0.407 e. The van der Waals surface area contributed by atoms with E-state index >= 15 is 0 Å². The zero-order chi connectivity index (χ0) is 33.7. The second kappa shape index (κ2) is 17.5. The quantitative estimate of drug-likeness (QED) is 0.195. The number of alkyl carbamates (subject to hydrolysis) is 1. The number of likely N-dealkylation sites (N-methyl/N-ethyl adjacent to an activating group) is 1. The number of hydrogen-bond donors (Lipinski definition) is 5. The topological polar surface area (TPSA) is 204 Å². The van der Waals surface area contributed by atoms with Gasteiger partial charge in [0.2, 0.25) is 11.8 Å². The Morgan fingerprint density at radius 2 is 1.78 bits per heavy atom. The van der Waals surface area contributed by atoms with Gasteiger partial charge in [0.05, 0.1) is 20.3 Å². The van der Waals surface area contributed by atoms with Crippen molar-refractivity contribution in [2.75, 3.05) is 27.8 Å². The number of unbranched alkanes of at least 4 members (excludes halogenated alkanes) is 1. The Hall–Kier alpha value is -3.91. The van der Waals surface area contributed by atoms with E-state index in [1.165, 1.54) is 19.1 Å². The van der Waals surface area contributed by atoms with Crippen molar-refractivity contribution < 1.29 is 38.2 Å². The zero-order valence-corrected chi connectivity index (χ0v) is 27.3. The number of hydrogen-bond acceptors (Lipinski definition) is 10. The number of carbonyl (C=O) groups excluding carboxylic acids is 5. The number of carbonyl (C=O) groups is 5. The molecule has 252 valence electrons. The van der Waals surface area contributed by atoms with E-state index in [1.54, 1.807) is 40.0 Å². The molecule has 0 radical (unpaired) electrons. The molecular weight excluding hydrogens is 584 g/mol. The summed E-state index contributed by atoms with van der Waals surface area (Å²) < 4.78 is 15.6. The molecule has 0 spiro atoms. The highest BCUT2D eigenvalue weighted by molar-refractivity contribution is 5.94. The largest absolute Gasteiger partial charge is 0.496 e. The summed E-state index contributed by atoms with van der Waals surface area (Å²) in [5, 5.41) is 7.71. The van der Waals surface area contributed by atoms with Gasteiger partial charge in [-0.2, -0.15) is 0 Å². The maximum absolute atomic E-state index is 13.7. The lowest BCUT2D eigenvalue weighted by Gasteiger charge is -2.31. The van der Waals surface area contributed by atoms with E-state index in [1.807, 2.05) is 6.07 Å². The van der Waals surface area contributed by atoms with Crippen molar-refractivity contribution in [1.29, 1.82) is 0 Å². The molecule has 4 atom stereocenters. The Bertz CT molecular complexity index is 1190. The number of esters is 1. The van der Waals surface area contributed by atoms with E-state index in [-0.39, 0.29) is 0 Å². The highest BCUT2D eigenvalue weighted by atomic mass is 16.6. The number of methoxy groups -OCH3 is 2. The lowest BCUT2D eigenvalue weighted by Crippen LogP contribution is -2.58. The highest BCUT2D eigenvalue weighted by Gasteiger charge is 2.34. The smallest absolute Gasteiger partial charge is 0.407 e. The van der Waals surface area contributed by atoms with Crippen LogP contribution in [0.5, 0.6) is 5.75 Å². The second-order valence-electron chi connectivity index (χ2n) is 12.1. The van der Waals surface area contributed by atoms with Crippen LogP contribution in [-0.4, -0.2) is 86.3 Å². The molecular formula is C31H50N6O8. The monoisotopic (exact) mass is 634 g/mol. The number of nitrogens with one attached hydrogen (secondary N) is 3. The third kappa shape index (κ3) is 11.8. The van der Waals surface area contributed by atoms with Crippen LogP contribution in [0.4, 0.5) is 4.79 Å². The van der Waals surface area contributed by atoms with Crippen molar-refractivity contribution in [2.45, 2.75) is 102 Å². The molecule has 2 rings (SSSR count). The first kappa shape index (κ1) is 37.3. The number of aryl methyl sites for hydroxylation is 1. The molecule has 4 amide bonds. The first-order chi connectivity index (χ1) is 21.2. The number of nitrogens with two attached hydrogens (primary N) is 2. The van der Waals surface area contributed by atoms with Crippen LogP contribution in [0.1, 0.15) is 82.9 Å². The van der Waals surface area contributed by atoms with E-state index in [4.69, 9.17) is 25.7 Å². The van der Waals surface area contributed by atoms with E-state index in [0.717, 1.165) is 18.4 Å². The molecule has 1 aliphatic heterocycles. The number of rotatable bonds is 9. The number of fused-ring (bicyclic) bond motifs is 2. The second-order valence-corrected chi connectivity index (χ2v) is 12.1. The molecule has 0 fully saturated rings. The summed E-state index contributed by atoms with van der Waals surface area (Å²) in [6.45, 7) is 5.67. The Morgan fingerprint density at radius 1 is 1.07 bits per heavy atom. The minimum Gasteiger partial charge on any atom is -0.496 e. The third-order valence-electron chi connectivity index (χ3n) is 7.35. The van der Waals surface area contributed by atoms with Crippen LogP contribution >= 0.6 is 0 Å². The van der Waals surface area contributed by atoms with Crippen molar-refractivity contribution in [1.82, 2.24) is 20.9 Å². The predicted molar refractivity (Wildman–Crippen MR) is 167 cm³/mol. The molecule has 1 heterocycles. The summed E-state index contributed by atoms with van der Waals surface area (Å²) in [5.41, 5.74) is 13.0. The van der Waals surface area contributed by atoms with Gasteiger partial charge < -0.3 is 46.5 Å². The molecule has 0 aliphatic carbocycles. The normalized spacial score (nSPS) is 20.3. The van der Waals surface area contributed by atoms with Gasteiger partial charge in [-0.15, -0.1) is 0 Å². The Labute approximate surface area is 265 Å². The van der Waals surface area contributed by atoms with Crippen LogP contribution in [0.2, 0.25) is 0 Å². The van der Waals surface area contributed by atoms with Crippen molar-refractivity contribution >= 4 is 29.8 Å². The Kier molecular flexibility index (Phi) is 14.5. The molecule has 1 aliphatic rings. The third-order valence-corrected chi connectivity index (χ3v) is 7.35. The summed E-state index contributed by atoms with van der Waals surface area (Å²) in [4.78, 5) is 65.4. The van der Waals surface area contributed by atoms with Crippen molar-refractivity contribution in [2.24, 2.45) is 11.5 Å². The molecule has 0 saturated heterocycles. The van der Waals surface area contributed by atoms with E-state index in [0.29, 0.717) is 56.4 Å². The fourth-order valence-corrected chi connectivity index (χ4v) is 5.01. The van der Waals surface area contributed by atoms with Gasteiger partial charge in [-0.3, -0.25) is 14.4 Å². The standard InChI is InChI=1S/C31H50N6O8/c1-31(2,3)45-30(42)34-17-11-10-13-21(32)28(40)37(4)24-20-15-16-23(43-5)19(18-20)12-8-7-9-14-22(29(41)44-6)35-27(39)25(33)36-26(24)38/h15-16,18,21-22,24-25H,7-14,17,32-33H2,1-6H3,(H,34,42)(H,35,39)(H,36,38)/t21-,22-,24-,25+/m0/s1. The van der Waals surface area contributed by atoms with Crippen LogP contribution in [0.25, 0.3) is 0 Å².